The number of nitrogens with zero attached hydrogens (tertiary/aromatic N) is 4. The van der Waals surface area contributed by atoms with Gasteiger partial charge >= 0.3 is 5.91 Å². The summed E-state index contributed by atoms with van der Waals surface area (Å²) in [5.74, 6) is -1.06. The van der Waals surface area contributed by atoms with Gasteiger partial charge in [-0.25, -0.2) is 0 Å². The Hall–Kier alpha value is -3.82. The predicted molar refractivity (Wildman–Crippen MR) is 136 cm³/mol. The van der Waals surface area contributed by atoms with Gasteiger partial charge in [-0.2, -0.15) is 0 Å². The van der Waals surface area contributed by atoms with Crippen LogP contribution in [0.25, 0.3) is 5.76 Å². The maximum atomic E-state index is 13.2. The van der Waals surface area contributed by atoms with Gasteiger partial charge in [0, 0.05) is 23.7 Å². The summed E-state index contributed by atoms with van der Waals surface area (Å²) in [6.07, 6.45) is 3.19. The number of aliphatic hydroxyl groups is 1. The van der Waals surface area contributed by atoms with Crippen molar-refractivity contribution in [3.8, 4) is 0 Å². The highest BCUT2D eigenvalue weighted by molar-refractivity contribution is 8.00. The number of aromatic nitrogens is 3. The van der Waals surface area contributed by atoms with E-state index in [1.807, 2.05) is 49.4 Å². The molecule has 4 aromatic rings. The van der Waals surface area contributed by atoms with Crippen molar-refractivity contribution in [3.63, 3.8) is 0 Å². The normalized spacial score (nSPS) is 17.2. The van der Waals surface area contributed by atoms with Crippen molar-refractivity contribution in [2.45, 2.75) is 23.1 Å². The molecule has 9 heteroatoms. The van der Waals surface area contributed by atoms with Gasteiger partial charge in [0.05, 0.1) is 11.6 Å². The van der Waals surface area contributed by atoms with E-state index in [0.29, 0.717) is 26.4 Å². The molecule has 2 aromatic carbocycles. The second-order valence-corrected chi connectivity index (χ2v) is 10.1. The third-order valence-electron chi connectivity index (χ3n) is 5.58. The van der Waals surface area contributed by atoms with E-state index in [9.17, 15) is 14.7 Å². The maximum Gasteiger partial charge on any atom is 0.301 e. The quantitative estimate of drug-likeness (QED) is 0.128. The molecule has 174 valence electrons. The van der Waals surface area contributed by atoms with Crippen LogP contribution in [0, 0.1) is 6.92 Å². The van der Waals surface area contributed by atoms with Crippen LogP contribution in [0.4, 0.5) is 5.13 Å². The minimum atomic E-state index is -0.870. The van der Waals surface area contributed by atoms with Crippen molar-refractivity contribution in [1.29, 1.82) is 0 Å². The molecule has 0 radical (unpaired) electrons. The van der Waals surface area contributed by atoms with Gasteiger partial charge in [0.1, 0.15) is 5.76 Å². The van der Waals surface area contributed by atoms with Gasteiger partial charge in [0.2, 0.25) is 5.13 Å². The lowest BCUT2D eigenvalue weighted by Crippen LogP contribution is -2.29. The molecule has 0 aliphatic carbocycles. The zero-order valence-electron chi connectivity index (χ0n) is 18.7. The molecule has 1 N–H and O–H groups in total. The highest BCUT2D eigenvalue weighted by atomic mass is 32.2. The van der Waals surface area contributed by atoms with E-state index in [-0.39, 0.29) is 11.3 Å². The summed E-state index contributed by atoms with van der Waals surface area (Å²) in [6.45, 7) is 1.93. The fourth-order valence-corrected chi connectivity index (χ4v) is 5.65. The zero-order chi connectivity index (χ0) is 24.4. The van der Waals surface area contributed by atoms with E-state index >= 15 is 0 Å². The summed E-state index contributed by atoms with van der Waals surface area (Å²) in [7, 11) is 0. The van der Waals surface area contributed by atoms with Gasteiger partial charge < -0.3 is 5.11 Å². The average Bonchev–Trinajstić information content (AvgIpc) is 3.46. The van der Waals surface area contributed by atoms with Crippen LogP contribution in [-0.4, -0.2) is 32.0 Å². The van der Waals surface area contributed by atoms with E-state index in [1.54, 1.807) is 36.7 Å². The smallest absolute Gasteiger partial charge is 0.301 e. The molecular formula is C26H20N4O3S2. The Kier molecular flexibility index (Phi) is 6.43. The Morgan fingerprint density at radius 1 is 1.03 bits per heavy atom. The van der Waals surface area contributed by atoms with E-state index in [2.05, 4.69) is 15.2 Å². The number of carbonyl (C=O) groups excluding carboxylic acids is 2. The number of thioether (sulfide) groups is 1. The number of aryl methyl sites for hydroxylation is 1. The van der Waals surface area contributed by atoms with Crippen LogP contribution in [0.1, 0.15) is 28.3 Å². The van der Waals surface area contributed by atoms with Gasteiger partial charge in [-0.3, -0.25) is 19.5 Å². The Morgan fingerprint density at radius 3 is 2.51 bits per heavy atom. The van der Waals surface area contributed by atoms with Crippen molar-refractivity contribution >= 4 is 45.7 Å². The topological polar surface area (TPSA) is 96.3 Å². The van der Waals surface area contributed by atoms with Crippen molar-refractivity contribution in [3.05, 3.63) is 107 Å². The minimum Gasteiger partial charge on any atom is -0.507 e. The molecule has 0 saturated carbocycles. The molecule has 35 heavy (non-hydrogen) atoms. The number of rotatable bonds is 6. The molecule has 1 atom stereocenters. The van der Waals surface area contributed by atoms with Crippen LogP contribution in [-0.2, 0) is 15.3 Å². The third-order valence-corrected chi connectivity index (χ3v) is 7.70. The summed E-state index contributed by atoms with van der Waals surface area (Å²) in [6, 6.07) is 19.7. The molecule has 0 unspecified atom stereocenters. The summed E-state index contributed by atoms with van der Waals surface area (Å²) in [5, 5.41) is 19.9. The Morgan fingerprint density at radius 2 is 1.80 bits per heavy atom. The maximum absolute atomic E-state index is 13.2. The largest absolute Gasteiger partial charge is 0.507 e. The molecule has 3 heterocycles. The second kappa shape index (κ2) is 9.81. The molecule has 5 rings (SSSR count). The molecule has 2 aromatic heterocycles. The number of hydrogen-bond acceptors (Lipinski definition) is 8. The number of hydrogen-bond donors (Lipinski definition) is 1. The molecule has 7 nitrogen and oxygen atoms in total. The van der Waals surface area contributed by atoms with Gasteiger partial charge in [0.15, 0.2) is 4.34 Å². The van der Waals surface area contributed by atoms with E-state index < -0.39 is 17.7 Å². The van der Waals surface area contributed by atoms with Crippen LogP contribution >= 0.6 is 23.1 Å². The van der Waals surface area contributed by atoms with Crippen molar-refractivity contribution < 1.29 is 14.7 Å². The summed E-state index contributed by atoms with van der Waals surface area (Å²) < 4.78 is 0.675. The number of Topliss-reactive ketones (excluding diaryl/α,β-unsaturated/α-hetero) is 1. The van der Waals surface area contributed by atoms with Gasteiger partial charge in [0.25, 0.3) is 5.78 Å². The SMILES string of the molecule is Cc1ccc(/C(O)=C2\C(=O)C(=O)N(c3nnc(SCc4ccccc4)s3)[C@@H]2c2cccnc2)cc1. The summed E-state index contributed by atoms with van der Waals surface area (Å²) in [4.78, 5) is 31.9. The zero-order valence-corrected chi connectivity index (χ0v) is 20.3. The summed E-state index contributed by atoms with van der Waals surface area (Å²) in [5.41, 5.74) is 3.21. The molecule has 0 spiro atoms. The van der Waals surface area contributed by atoms with Crippen molar-refractivity contribution in [2.75, 3.05) is 4.90 Å². The van der Waals surface area contributed by atoms with Gasteiger partial charge in [-0.05, 0) is 24.1 Å². The monoisotopic (exact) mass is 500 g/mol. The number of carbonyl (C=O) groups is 2. The lowest BCUT2D eigenvalue weighted by atomic mass is 9.96. The van der Waals surface area contributed by atoms with Crippen molar-refractivity contribution in [1.82, 2.24) is 15.2 Å². The molecule has 1 aliphatic heterocycles. The van der Waals surface area contributed by atoms with Gasteiger partial charge in [-0.1, -0.05) is 89.3 Å². The second-order valence-electron chi connectivity index (χ2n) is 7.95. The minimum absolute atomic E-state index is 0.000502. The van der Waals surface area contributed by atoms with E-state index in [0.717, 1.165) is 11.1 Å². The molecule has 1 saturated heterocycles. The van der Waals surface area contributed by atoms with E-state index in [4.69, 9.17) is 0 Å². The number of aliphatic hydroxyl groups excluding tert-OH is 1. The molecular weight excluding hydrogens is 480 g/mol. The number of ketones is 1. The standard InChI is InChI=1S/C26H20N4O3S2/c1-16-9-11-18(12-10-16)22(31)20-21(19-8-5-13-27-14-19)30(24(33)23(20)32)25-28-29-26(35-25)34-15-17-6-3-2-4-7-17/h2-14,21,31H,15H2,1H3/b22-20+/t21-/m1/s1. The first-order valence-electron chi connectivity index (χ1n) is 10.8. The van der Waals surface area contributed by atoms with Gasteiger partial charge in [-0.15, -0.1) is 10.2 Å². The Balaban J connectivity index is 1.53. The van der Waals surface area contributed by atoms with Crippen LogP contribution < -0.4 is 4.90 Å². The number of anilines is 1. The number of benzene rings is 2. The molecule has 1 aliphatic rings. The third kappa shape index (κ3) is 4.60. The van der Waals surface area contributed by atoms with Crippen molar-refractivity contribution in [2.24, 2.45) is 0 Å². The summed E-state index contributed by atoms with van der Waals surface area (Å²) >= 11 is 2.74. The number of amides is 1. The van der Waals surface area contributed by atoms with Crippen LogP contribution in [0.3, 0.4) is 0 Å². The number of pyridine rings is 1. The molecule has 1 amide bonds. The Labute approximate surface area is 210 Å². The van der Waals surface area contributed by atoms with Crippen LogP contribution in [0.15, 0.2) is 89.0 Å². The first kappa shape index (κ1) is 22.9. The Bertz CT molecular complexity index is 1400. The average molecular weight is 501 g/mol. The first-order valence-corrected chi connectivity index (χ1v) is 12.6. The van der Waals surface area contributed by atoms with Crippen LogP contribution in [0.5, 0.6) is 0 Å². The molecule has 1 fully saturated rings. The van der Waals surface area contributed by atoms with E-state index in [1.165, 1.54) is 28.0 Å². The lowest BCUT2D eigenvalue weighted by Gasteiger charge is -2.22. The molecule has 0 bridgehead atoms. The fraction of sp³-hybridized carbons (Fsp3) is 0.115. The van der Waals surface area contributed by atoms with Crippen LogP contribution in [0.2, 0.25) is 0 Å². The highest BCUT2D eigenvalue weighted by Gasteiger charge is 2.48. The highest BCUT2D eigenvalue weighted by Crippen LogP contribution is 2.43. The predicted octanol–water partition coefficient (Wildman–Crippen LogP) is 5.16. The fourth-order valence-electron chi connectivity index (χ4n) is 3.83. The lowest BCUT2D eigenvalue weighted by molar-refractivity contribution is -0.132. The first-order chi connectivity index (χ1) is 17.0.